The second-order valence-electron chi connectivity index (χ2n) is 7.01. The Labute approximate surface area is 179 Å². The first-order valence-corrected chi connectivity index (χ1v) is 9.51. The van der Waals surface area contributed by atoms with Gasteiger partial charge in [-0.25, -0.2) is 14.6 Å². The Morgan fingerprint density at radius 3 is 2.56 bits per heavy atom. The van der Waals surface area contributed by atoms with E-state index in [-0.39, 0.29) is 17.7 Å². The number of carbonyl (C=O) groups excluding carboxylic acids is 1. The number of nitrogens with zero attached hydrogens (tertiary/aromatic N) is 2. The molecule has 3 N–H and O–H groups in total. The maximum Gasteiger partial charge on any atom is 0.573 e. The van der Waals surface area contributed by atoms with Crippen molar-refractivity contribution in [3.8, 4) is 5.75 Å². The fourth-order valence-corrected chi connectivity index (χ4v) is 3.63. The quantitative estimate of drug-likeness (QED) is 0.557. The number of aromatic amines is 1. The maximum atomic E-state index is 13.1. The van der Waals surface area contributed by atoms with Crippen molar-refractivity contribution in [1.82, 2.24) is 14.9 Å². The molecule has 0 saturated heterocycles. The number of nitrogens with one attached hydrogen (secondary N) is 2. The number of benzene rings is 2. The molecule has 166 valence electrons. The van der Waals surface area contributed by atoms with Gasteiger partial charge in [-0.3, -0.25) is 0 Å². The van der Waals surface area contributed by atoms with Gasteiger partial charge in [-0.15, -0.1) is 13.2 Å². The molecular formula is C21H17F3N4O4. The van der Waals surface area contributed by atoms with Gasteiger partial charge in [0.1, 0.15) is 11.8 Å². The number of carbonyl (C=O) groups is 2. The Balaban J connectivity index is 1.68. The molecule has 32 heavy (non-hydrogen) atoms. The van der Waals surface area contributed by atoms with Gasteiger partial charge in [-0.1, -0.05) is 18.2 Å². The highest BCUT2D eigenvalue weighted by atomic mass is 19.4. The predicted molar refractivity (Wildman–Crippen MR) is 106 cm³/mol. The van der Waals surface area contributed by atoms with Crippen LogP contribution in [0.5, 0.6) is 5.75 Å². The summed E-state index contributed by atoms with van der Waals surface area (Å²) in [4.78, 5) is 32.7. The largest absolute Gasteiger partial charge is 0.573 e. The van der Waals surface area contributed by atoms with Crippen molar-refractivity contribution in [2.75, 3.05) is 11.9 Å². The molecule has 0 fully saturated rings. The number of imidazole rings is 1. The Morgan fingerprint density at radius 1 is 1.16 bits per heavy atom. The number of fused-ring (bicyclic) bond motifs is 1. The zero-order valence-electron chi connectivity index (χ0n) is 16.4. The zero-order chi connectivity index (χ0) is 22.9. The summed E-state index contributed by atoms with van der Waals surface area (Å²) in [5.74, 6) is -1.53. The van der Waals surface area contributed by atoms with Crippen LogP contribution in [0.3, 0.4) is 0 Å². The third kappa shape index (κ3) is 4.36. The van der Waals surface area contributed by atoms with Crippen LogP contribution in [0.1, 0.15) is 33.4 Å². The van der Waals surface area contributed by atoms with Crippen molar-refractivity contribution in [3.63, 3.8) is 0 Å². The standard InChI is InChI=1S/C21H17F3N4O4/c22-21(23,24)32-16-4-2-1-3-14(16)18-17-15(25-11-26-17)9-10-28(18)20(31)27-13-7-5-12(6-8-13)19(29)30/h1-8,11,18H,9-10H2,(H,25,26)(H,27,31)(H,29,30)/t18-/m1/s1. The van der Waals surface area contributed by atoms with Gasteiger partial charge in [0.25, 0.3) is 0 Å². The number of amides is 2. The first kappa shape index (κ1) is 21.2. The smallest absolute Gasteiger partial charge is 0.478 e. The van der Waals surface area contributed by atoms with Crippen molar-refractivity contribution in [3.05, 3.63) is 77.4 Å². The van der Waals surface area contributed by atoms with Crippen LogP contribution >= 0.6 is 0 Å². The topological polar surface area (TPSA) is 108 Å². The number of rotatable bonds is 4. The number of anilines is 1. The molecule has 2 heterocycles. The van der Waals surface area contributed by atoms with Crippen LogP contribution in [0.2, 0.25) is 0 Å². The summed E-state index contributed by atoms with van der Waals surface area (Å²) < 4.78 is 43.1. The van der Waals surface area contributed by atoms with E-state index < -0.39 is 30.2 Å². The lowest BCUT2D eigenvalue weighted by Crippen LogP contribution is -2.43. The van der Waals surface area contributed by atoms with E-state index in [1.807, 2.05) is 0 Å². The number of carboxylic acids is 1. The zero-order valence-corrected chi connectivity index (χ0v) is 16.4. The van der Waals surface area contributed by atoms with Crippen LogP contribution in [0.15, 0.2) is 54.9 Å². The van der Waals surface area contributed by atoms with E-state index in [0.717, 1.165) is 0 Å². The van der Waals surface area contributed by atoms with E-state index >= 15 is 0 Å². The molecule has 4 rings (SSSR count). The number of alkyl halides is 3. The molecule has 0 radical (unpaired) electrons. The van der Waals surface area contributed by atoms with Gasteiger partial charge in [-0.2, -0.15) is 0 Å². The third-order valence-corrected chi connectivity index (χ3v) is 5.01. The molecule has 2 amide bonds. The van der Waals surface area contributed by atoms with E-state index in [1.54, 1.807) is 6.07 Å². The van der Waals surface area contributed by atoms with Gasteiger partial charge in [-0.05, 0) is 30.3 Å². The lowest BCUT2D eigenvalue weighted by Gasteiger charge is -2.36. The van der Waals surface area contributed by atoms with Crippen molar-refractivity contribution in [1.29, 1.82) is 0 Å². The second-order valence-corrected chi connectivity index (χ2v) is 7.01. The number of para-hydroxylation sites is 1. The van der Waals surface area contributed by atoms with Gasteiger partial charge in [0, 0.05) is 29.9 Å². The molecule has 0 saturated carbocycles. The maximum absolute atomic E-state index is 13.1. The Kier molecular flexibility index (Phi) is 5.47. The highest BCUT2D eigenvalue weighted by Crippen LogP contribution is 2.39. The normalized spacial score (nSPS) is 15.7. The minimum atomic E-state index is -4.90. The molecule has 0 bridgehead atoms. The minimum Gasteiger partial charge on any atom is -0.478 e. The fraction of sp³-hybridized carbons (Fsp3) is 0.190. The summed E-state index contributed by atoms with van der Waals surface area (Å²) in [6, 6.07) is 9.64. The molecule has 1 aliphatic rings. The van der Waals surface area contributed by atoms with E-state index in [4.69, 9.17) is 5.11 Å². The first-order chi connectivity index (χ1) is 15.2. The summed E-state index contributed by atoms with van der Waals surface area (Å²) in [7, 11) is 0. The number of urea groups is 1. The average Bonchev–Trinajstić information content (AvgIpc) is 3.22. The molecule has 1 atom stereocenters. The second kappa shape index (κ2) is 8.25. The van der Waals surface area contributed by atoms with Crippen LogP contribution in [0.25, 0.3) is 0 Å². The highest BCUT2D eigenvalue weighted by Gasteiger charge is 2.38. The van der Waals surface area contributed by atoms with Gasteiger partial charge in [0.2, 0.25) is 0 Å². The van der Waals surface area contributed by atoms with Crippen molar-refractivity contribution in [2.24, 2.45) is 0 Å². The summed E-state index contributed by atoms with van der Waals surface area (Å²) >= 11 is 0. The molecule has 8 nitrogen and oxygen atoms in total. The van der Waals surface area contributed by atoms with E-state index in [1.165, 1.54) is 53.7 Å². The number of hydrogen-bond acceptors (Lipinski definition) is 4. The summed E-state index contributed by atoms with van der Waals surface area (Å²) in [5.41, 5.74) is 1.66. The third-order valence-electron chi connectivity index (χ3n) is 5.01. The van der Waals surface area contributed by atoms with Gasteiger partial charge < -0.3 is 25.0 Å². The van der Waals surface area contributed by atoms with Crippen LogP contribution in [-0.4, -0.2) is 44.9 Å². The average molecular weight is 446 g/mol. The van der Waals surface area contributed by atoms with E-state index in [2.05, 4.69) is 20.0 Å². The predicted octanol–water partition coefficient (Wildman–Crippen LogP) is 4.19. The minimum absolute atomic E-state index is 0.0539. The molecule has 0 spiro atoms. The fourth-order valence-electron chi connectivity index (χ4n) is 3.63. The number of carboxylic acid groups (broad SMARTS) is 1. The van der Waals surface area contributed by atoms with Crippen LogP contribution in [-0.2, 0) is 6.42 Å². The molecular weight excluding hydrogens is 429 g/mol. The molecule has 11 heteroatoms. The Morgan fingerprint density at radius 2 is 1.88 bits per heavy atom. The molecule has 3 aromatic rings. The molecule has 0 aliphatic carbocycles. The van der Waals surface area contributed by atoms with Crippen LogP contribution in [0, 0.1) is 0 Å². The van der Waals surface area contributed by atoms with Crippen LogP contribution < -0.4 is 10.1 Å². The van der Waals surface area contributed by atoms with Gasteiger partial charge >= 0.3 is 18.4 Å². The highest BCUT2D eigenvalue weighted by molar-refractivity contribution is 5.92. The SMILES string of the molecule is O=C(O)c1ccc(NC(=O)N2CCc3[nH]cnc3[C@H]2c2ccccc2OC(F)(F)F)cc1. The van der Waals surface area contributed by atoms with E-state index in [0.29, 0.717) is 23.5 Å². The number of ether oxygens (including phenoxy) is 1. The Hall–Kier alpha value is -4.02. The van der Waals surface area contributed by atoms with Crippen molar-refractivity contribution < 1.29 is 32.6 Å². The summed E-state index contributed by atoms with van der Waals surface area (Å²) in [6.07, 6.45) is -3.05. The molecule has 2 aromatic carbocycles. The summed E-state index contributed by atoms with van der Waals surface area (Å²) in [5, 5.41) is 11.7. The van der Waals surface area contributed by atoms with Gasteiger partial charge in [0.15, 0.2) is 0 Å². The van der Waals surface area contributed by atoms with Crippen molar-refractivity contribution >= 4 is 17.7 Å². The number of H-pyrrole nitrogens is 1. The number of aromatic nitrogens is 2. The lowest BCUT2D eigenvalue weighted by atomic mass is 9.95. The number of hydrogen-bond donors (Lipinski definition) is 3. The first-order valence-electron chi connectivity index (χ1n) is 9.51. The van der Waals surface area contributed by atoms with Crippen molar-refractivity contribution in [2.45, 2.75) is 18.8 Å². The lowest BCUT2D eigenvalue weighted by molar-refractivity contribution is -0.275. The number of halogens is 3. The molecule has 0 unspecified atom stereocenters. The van der Waals surface area contributed by atoms with Gasteiger partial charge in [0.05, 0.1) is 17.6 Å². The van der Waals surface area contributed by atoms with Crippen LogP contribution in [0.4, 0.5) is 23.7 Å². The molecule has 1 aromatic heterocycles. The molecule has 1 aliphatic heterocycles. The Bertz CT molecular complexity index is 1140. The van der Waals surface area contributed by atoms with E-state index in [9.17, 15) is 22.8 Å². The summed E-state index contributed by atoms with van der Waals surface area (Å²) in [6.45, 7) is 0.208. The number of aromatic carboxylic acids is 1. The monoisotopic (exact) mass is 446 g/mol.